The van der Waals surface area contributed by atoms with Gasteiger partial charge in [0.2, 0.25) is 5.91 Å². The highest BCUT2D eigenvalue weighted by atomic mass is 31.2. The van der Waals surface area contributed by atoms with E-state index in [0.717, 1.165) is 44.9 Å². The van der Waals surface area contributed by atoms with Crippen LogP contribution in [0.4, 0.5) is 0 Å². The fraction of sp³-hybridized carbons (Fsp3) is 0.912. The second kappa shape index (κ2) is 30.8. The highest BCUT2D eigenvalue weighted by Crippen LogP contribution is 2.43. The lowest BCUT2D eigenvalue weighted by atomic mass is 10.0. The Labute approximate surface area is 278 Å². The Morgan fingerprint density at radius 3 is 1.43 bits per heavy atom. The van der Waals surface area contributed by atoms with Crippen molar-refractivity contribution in [3.05, 3.63) is 0 Å². The Kier molecular flexibility index (Phi) is 29.8. The fourth-order valence-corrected chi connectivity index (χ4v) is 5.79. The number of carboxylic acids is 1. The summed E-state index contributed by atoms with van der Waals surface area (Å²) in [5.41, 5.74) is 0. The molecule has 0 aliphatic heterocycles. The molecule has 11 nitrogen and oxygen atoms in total. The van der Waals surface area contributed by atoms with Crippen LogP contribution in [0.2, 0.25) is 0 Å². The van der Waals surface area contributed by atoms with Gasteiger partial charge in [-0.25, -0.2) is 9.36 Å². The number of hydrogen-bond acceptors (Lipinski definition) is 8. The lowest BCUT2D eigenvalue weighted by Crippen LogP contribution is -2.43. The molecule has 12 heteroatoms. The molecule has 4 N–H and O–H groups in total. The number of nitrogens with one attached hydrogen (secondary N) is 1. The lowest BCUT2D eigenvalue weighted by Gasteiger charge is -2.18. The lowest BCUT2D eigenvalue weighted by molar-refractivity contribution is -0.147. The summed E-state index contributed by atoms with van der Waals surface area (Å²) in [7, 11) is -4.73. The summed E-state index contributed by atoms with van der Waals surface area (Å²) in [5, 5.41) is 21.6. The van der Waals surface area contributed by atoms with Crippen molar-refractivity contribution in [2.75, 3.05) is 19.8 Å². The molecular formula is C34H66NO10P. The summed E-state index contributed by atoms with van der Waals surface area (Å²) in [6.45, 7) is 2.47. The number of aliphatic carboxylic acids is 1. The first kappa shape index (κ1) is 44.5. The van der Waals surface area contributed by atoms with Crippen molar-refractivity contribution < 1.29 is 47.8 Å². The quantitative estimate of drug-likeness (QED) is 0.0297. The first-order valence-electron chi connectivity index (χ1n) is 18.1. The van der Waals surface area contributed by atoms with E-state index in [9.17, 15) is 34.1 Å². The molecule has 272 valence electrons. The van der Waals surface area contributed by atoms with Gasteiger partial charge in [0.05, 0.1) is 13.2 Å². The van der Waals surface area contributed by atoms with Gasteiger partial charge in [0, 0.05) is 12.8 Å². The molecule has 0 aromatic carbocycles. The fourth-order valence-electron chi connectivity index (χ4n) is 5.02. The molecule has 0 heterocycles. The maximum absolute atomic E-state index is 12.2. The number of phosphoric ester groups is 1. The molecule has 0 saturated heterocycles. The number of unbranched alkanes of at least 4 members (excludes halogenated alkanes) is 20. The van der Waals surface area contributed by atoms with E-state index < -0.39 is 57.6 Å². The van der Waals surface area contributed by atoms with Gasteiger partial charge >= 0.3 is 19.8 Å². The monoisotopic (exact) mass is 679 g/mol. The first-order chi connectivity index (χ1) is 22.1. The van der Waals surface area contributed by atoms with Crippen molar-refractivity contribution in [1.29, 1.82) is 0 Å². The molecule has 0 aromatic rings. The molecule has 0 saturated carbocycles. The highest BCUT2D eigenvalue weighted by molar-refractivity contribution is 7.47. The molecule has 1 amide bonds. The molecule has 0 aliphatic carbocycles. The van der Waals surface area contributed by atoms with Crippen LogP contribution in [-0.2, 0) is 32.7 Å². The number of esters is 1. The summed E-state index contributed by atoms with van der Waals surface area (Å²) in [6, 6.07) is -1.54. The number of hydrogen-bond donors (Lipinski definition) is 4. The van der Waals surface area contributed by atoms with E-state index in [2.05, 4.69) is 19.2 Å². The maximum Gasteiger partial charge on any atom is 0.472 e. The Morgan fingerprint density at radius 2 is 1.00 bits per heavy atom. The van der Waals surface area contributed by atoms with Crippen molar-refractivity contribution >= 4 is 25.7 Å². The Hall–Kier alpha value is -1.52. The number of carbonyl (C=O) groups is 3. The number of carboxylic acid groups (broad SMARTS) is 1. The van der Waals surface area contributed by atoms with Gasteiger partial charge < -0.3 is 25.2 Å². The van der Waals surface area contributed by atoms with Crippen LogP contribution in [0.3, 0.4) is 0 Å². The average molecular weight is 680 g/mol. The van der Waals surface area contributed by atoms with E-state index in [1.807, 2.05) is 0 Å². The Morgan fingerprint density at radius 1 is 0.609 bits per heavy atom. The third kappa shape index (κ3) is 29.9. The van der Waals surface area contributed by atoms with Crippen molar-refractivity contribution in [3.63, 3.8) is 0 Å². The van der Waals surface area contributed by atoms with Crippen LogP contribution in [0.25, 0.3) is 0 Å². The molecular weight excluding hydrogens is 613 g/mol. The maximum atomic E-state index is 12.2. The van der Waals surface area contributed by atoms with Crippen LogP contribution in [0.1, 0.15) is 168 Å². The van der Waals surface area contributed by atoms with E-state index in [1.54, 1.807) is 0 Å². The van der Waals surface area contributed by atoms with Gasteiger partial charge in [0.1, 0.15) is 12.7 Å². The van der Waals surface area contributed by atoms with E-state index >= 15 is 0 Å². The third-order valence-electron chi connectivity index (χ3n) is 7.90. The predicted molar refractivity (Wildman–Crippen MR) is 180 cm³/mol. The molecule has 0 aromatic heterocycles. The normalized spacial score (nSPS) is 14.0. The van der Waals surface area contributed by atoms with Gasteiger partial charge in [0.25, 0.3) is 0 Å². The zero-order chi connectivity index (χ0) is 34.3. The highest BCUT2D eigenvalue weighted by Gasteiger charge is 2.28. The number of aliphatic hydroxyl groups excluding tert-OH is 1. The van der Waals surface area contributed by atoms with Crippen LogP contribution in [0.15, 0.2) is 0 Å². The number of phosphoric acid groups is 1. The number of rotatable bonds is 34. The van der Waals surface area contributed by atoms with Gasteiger partial charge in [-0.15, -0.1) is 0 Å². The standard InChI is InChI=1S/C34H66NO10P/c1-3-5-7-9-10-11-12-13-14-15-16-17-18-19-20-22-23-25-32(37)35-31(34(39)40)29-45-46(41,42)44-28-30(36)27-43-33(38)26-24-21-8-6-4-2/h30-31,36H,3-29H2,1-2H3,(H,35,37)(H,39,40)(H,41,42). The molecule has 0 bridgehead atoms. The van der Waals surface area contributed by atoms with Crippen molar-refractivity contribution in [2.24, 2.45) is 0 Å². The number of ether oxygens (including phenoxy) is 1. The van der Waals surface area contributed by atoms with Gasteiger partial charge in [-0.2, -0.15) is 0 Å². The summed E-state index contributed by atoms with van der Waals surface area (Å²) in [4.78, 5) is 45.3. The Balaban J connectivity index is 3.91. The van der Waals surface area contributed by atoms with E-state index in [1.165, 1.54) is 83.5 Å². The summed E-state index contributed by atoms with van der Waals surface area (Å²) in [6.07, 6.45) is 24.7. The van der Waals surface area contributed by atoms with Gasteiger partial charge in [-0.1, -0.05) is 142 Å². The van der Waals surface area contributed by atoms with Crippen molar-refractivity contribution in [2.45, 2.75) is 180 Å². The zero-order valence-corrected chi connectivity index (χ0v) is 29.8. The minimum absolute atomic E-state index is 0.152. The molecule has 46 heavy (non-hydrogen) atoms. The minimum Gasteiger partial charge on any atom is -0.480 e. The largest absolute Gasteiger partial charge is 0.480 e. The second-order valence-corrected chi connectivity index (χ2v) is 13.9. The van der Waals surface area contributed by atoms with Gasteiger partial charge in [-0.3, -0.25) is 18.6 Å². The van der Waals surface area contributed by atoms with Gasteiger partial charge in [-0.05, 0) is 12.8 Å². The number of carbonyl (C=O) groups excluding carboxylic acids is 2. The molecule has 0 fully saturated rings. The zero-order valence-electron chi connectivity index (χ0n) is 28.9. The molecule has 0 rings (SSSR count). The Bertz CT molecular complexity index is 813. The first-order valence-corrected chi connectivity index (χ1v) is 19.6. The average Bonchev–Trinajstić information content (AvgIpc) is 3.02. The molecule has 0 spiro atoms. The van der Waals surface area contributed by atoms with Gasteiger partial charge in [0.15, 0.2) is 6.04 Å². The molecule has 3 unspecified atom stereocenters. The van der Waals surface area contributed by atoms with E-state index in [-0.39, 0.29) is 12.8 Å². The second-order valence-electron chi connectivity index (χ2n) is 12.4. The third-order valence-corrected chi connectivity index (χ3v) is 8.85. The van der Waals surface area contributed by atoms with Crippen molar-refractivity contribution in [3.8, 4) is 0 Å². The van der Waals surface area contributed by atoms with Crippen LogP contribution in [0.5, 0.6) is 0 Å². The van der Waals surface area contributed by atoms with Crippen LogP contribution in [-0.4, -0.2) is 64.9 Å². The molecule has 3 atom stereocenters. The molecule has 0 aliphatic rings. The SMILES string of the molecule is CCCCCCCCCCCCCCCCCCCC(=O)NC(COP(=O)(O)OCC(O)COC(=O)CCCCCCC)C(=O)O. The number of aliphatic hydroxyl groups is 1. The minimum atomic E-state index is -4.73. The smallest absolute Gasteiger partial charge is 0.472 e. The molecule has 0 radical (unpaired) electrons. The van der Waals surface area contributed by atoms with Crippen LogP contribution >= 0.6 is 7.82 Å². The van der Waals surface area contributed by atoms with E-state index in [4.69, 9.17) is 13.8 Å². The summed E-state index contributed by atoms with van der Waals surface area (Å²) < 4.78 is 26.5. The van der Waals surface area contributed by atoms with Crippen LogP contribution in [0, 0.1) is 0 Å². The van der Waals surface area contributed by atoms with Crippen molar-refractivity contribution in [1.82, 2.24) is 5.32 Å². The predicted octanol–water partition coefficient (Wildman–Crippen LogP) is 8.00. The number of amides is 1. The van der Waals surface area contributed by atoms with E-state index in [0.29, 0.717) is 12.8 Å². The summed E-state index contributed by atoms with van der Waals surface area (Å²) >= 11 is 0. The van der Waals surface area contributed by atoms with Crippen LogP contribution < -0.4 is 5.32 Å². The summed E-state index contributed by atoms with van der Waals surface area (Å²) in [5.74, 6) is -2.38. The topological polar surface area (TPSA) is 169 Å².